The summed E-state index contributed by atoms with van der Waals surface area (Å²) < 4.78 is 5.51. The minimum Gasteiger partial charge on any atom is -0.488 e. The number of ether oxygens (including phenoxy) is 1. The topological polar surface area (TPSA) is 79.6 Å². The van der Waals surface area contributed by atoms with E-state index in [1.165, 1.54) is 17.0 Å². The van der Waals surface area contributed by atoms with Crippen LogP contribution in [0.2, 0.25) is 0 Å². The van der Waals surface area contributed by atoms with Gasteiger partial charge in [0.1, 0.15) is 0 Å². The lowest BCUT2D eigenvalue weighted by molar-refractivity contribution is -0.135. The molecular weight excluding hydrogens is 186 g/mol. The predicted molar refractivity (Wildman–Crippen MR) is 47.4 cm³/mol. The third kappa shape index (κ3) is 1.72. The van der Waals surface area contributed by atoms with Crippen LogP contribution in [0.3, 0.4) is 0 Å². The van der Waals surface area contributed by atoms with Gasteiger partial charge < -0.3 is 9.84 Å². The Kier molecular flexibility index (Phi) is 2.86. The maximum absolute atomic E-state index is 11.0. The van der Waals surface area contributed by atoms with E-state index >= 15 is 0 Å². The SMILES string of the molecule is COC(=O)C([N+]#N)=C(O)n1cccc1. The first kappa shape index (κ1) is 9.80. The molecule has 1 aromatic heterocycles. The van der Waals surface area contributed by atoms with Gasteiger partial charge in [-0.05, 0) is 12.1 Å². The zero-order valence-corrected chi connectivity index (χ0v) is 7.41. The van der Waals surface area contributed by atoms with Gasteiger partial charge in [-0.1, -0.05) is 0 Å². The van der Waals surface area contributed by atoms with E-state index in [2.05, 4.69) is 9.71 Å². The monoisotopic (exact) mass is 194 g/mol. The highest BCUT2D eigenvalue weighted by Gasteiger charge is 2.31. The summed E-state index contributed by atoms with van der Waals surface area (Å²) in [5, 5.41) is 17.9. The summed E-state index contributed by atoms with van der Waals surface area (Å²) in [7, 11) is 1.12. The number of carbonyl (C=O) groups is 1. The highest BCUT2D eigenvalue weighted by Crippen LogP contribution is 2.10. The van der Waals surface area contributed by atoms with Gasteiger partial charge in [0.2, 0.25) is 5.39 Å². The van der Waals surface area contributed by atoms with Crippen LogP contribution in [0.1, 0.15) is 0 Å². The Morgan fingerprint density at radius 1 is 1.50 bits per heavy atom. The zero-order valence-electron chi connectivity index (χ0n) is 7.41. The number of aliphatic hydroxyl groups excluding tert-OH is 1. The Morgan fingerprint density at radius 2 is 2.07 bits per heavy atom. The molecule has 0 unspecified atom stereocenters. The van der Waals surface area contributed by atoms with Crippen LogP contribution in [-0.4, -0.2) is 22.8 Å². The molecule has 1 aromatic rings. The van der Waals surface area contributed by atoms with Gasteiger partial charge in [-0.3, -0.25) is 4.57 Å². The molecule has 0 bridgehead atoms. The normalized spacial score (nSPS) is 11.4. The van der Waals surface area contributed by atoms with Gasteiger partial charge in [0.05, 0.1) is 7.11 Å². The smallest absolute Gasteiger partial charge is 0.488 e. The number of hydrogen-bond donors (Lipinski definition) is 1. The first-order chi connectivity index (χ1) is 6.70. The standard InChI is InChI=1S/C8H7N3O3/c1-14-8(13)6(10-9)7(12)11-4-2-3-5-11/h2-5H,1H3/p+1. The lowest BCUT2D eigenvalue weighted by atomic mass is 10.4. The second kappa shape index (κ2) is 4.09. The maximum atomic E-state index is 11.0. The molecule has 0 aliphatic rings. The summed E-state index contributed by atoms with van der Waals surface area (Å²) in [4.78, 5) is 13.6. The van der Waals surface area contributed by atoms with Gasteiger partial charge in [-0.25, -0.2) is 4.79 Å². The molecular formula is C8H8N3O3+. The Bertz CT molecular complexity index is 400. The number of methoxy groups -OCH3 is 1. The minimum atomic E-state index is -0.918. The third-order valence-corrected chi connectivity index (χ3v) is 1.54. The number of aromatic nitrogens is 1. The largest absolute Gasteiger partial charge is 0.527 e. The molecule has 1 rings (SSSR count). The molecule has 1 heterocycles. The second-order valence-electron chi connectivity index (χ2n) is 2.35. The molecule has 0 amide bonds. The molecule has 6 nitrogen and oxygen atoms in total. The van der Waals surface area contributed by atoms with Crippen molar-refractivity contribution >= 4 is 11.9 Å². The molecule has 0 aliphatic carbocycles. The van der Waals surface area contributed by atoms with Crippen LogP contribution >= 0.6 is 0 Å². The summed E-state index contributed by atoms with van der Waals surface area (Å²) in [5.41, 5.74) is -0.552. The van der Waals surface area contributed by atoms with Gasteiger partial charge in [0.25, 0.3) is 0 Å². The van der Waals surface area contributed by atoms with Gasteiger partial charge >= 0.3 is 17.5 Å². The summed E-state index contributed by atoms with van der Waals surface area (Å²) >= 11 is 0. The van der Waals surface area contributed by atoms with E-state index in [9.17, 15) is 9.90 Å². The molecule has 1 N–H and O–H groups in total. The van der Waals surface area contributed by atoms with Crippen molar-refractivity contribution in [2.24, 2.45) is 0 Å². The number of aliphatic hydroxyl groups is 1. The Morgan fingerprint density at radius 3 is 2.50 bits per heavy atom. The van der Waals surface area contributed by atoms with Crippen LogP contribution in [0.15, 0.2) is 30.2 Å². The molecule has 0 radical (unpaired) electrons. The molecule has 0 saturated heterocycles. The van der Waals surface area contributed by atoms with Crippen LogP contribution in [0, 0.1) is 5.39 Å². The third-order valence-electron chi connectivity index (χ3n) is 1.54. The van der Waals surface area contributed by atoms with Crippen LogP contribution in [0.5, 0.6) is 0 Å². The van der Waals surface area contributed by atoms with Crippen molar-refractivity contribution in [2.45, 2.75) is 0 Å². The fourth-order valence-corrected chi connectivity index (χ4v) is 0.872. The van der Waals surface area contributed by atoms with E-state index in [-0.39, 0.29) is 0 Å². The Labute approximate surface area is 79.7 Å². The van der Waals surface area contributed by atoms with Crippen molar-refractivity contribution in [3.8, 4) is 0 Å². The summed E-state index contributed by atoms with van der Waals surface area (Å²) in [5.74, 6) is -1.41. The van der Waals surface area contributed by atoms with Gasteiger partial charge in [0.15, 0.2) is 4.98 Å². The summed E-state index contributed by atoms with van der Waals surface area (Å²) in [6.45, 7) is 0. The first-order valence-corrected chi connectivity index (χ1v) is 3.70. The van der Waals surface area contributed by atoms with Gasteiger partial charge in [-0.2, -0.15) is 0 Å². The fourth-order valence-electron chi connectivity index (χ4n) is 0.872. The van der Waals surface area contributed by atoms with Crippen molar-refractivity contribution < 1.29 is 14.6 Å². The zero-order chi connectivity index (χ0) is 10.6. The Balaban J connectivity index is 3.15. The molecule has 0 atom stereocenters. The van der Waals surface area contributed by atoms with Crippen LogP contribution < -0.4 is 0 Å². The molecule has 0 aliphatic heterocycles. The predicted octanol–water partition coefficient (Wildman–Crippen LogP) is 1.20. The van der Waals surface area contributed by atoms with E-state index < -0.39 is 17.5 Å². The number of nitrogens with zero attached hydrogens (tertiary/aromatic N) is 3. The number of esters is 1. The highest BCUT2D eigenvalue weighted by atomic mass is 16.5. The molecule has 0 spiro atoms. The second-order valence-corrected chi connectivity index (χ2v) is 2.35. The number of hydrogen-bond acceptors (Lipinski definition) is 4. The first-order valence-electron chi connectivity index (χ1n) is 3.70. The molecule has 0 fully saturated rings. The summed E-state index contributed by atoms with van der Waals surface area (Å²) in [6.07, 6.45) is 2.98. The molecule has 0 aromatic carbocycles. The van der Waals surface area contributed by atoms with Crippen LogP contribution in [-0.2, 0) is 9.53 Å². The average molecular weight is 194 g/mol. The van der Waals surface area contributed by atoms with Crippen LogP contribution in [0.4, 0.5) is 0 Å². The highest BCUT2D eigenvalue weighted by molar-refractivity contribution is 5.94. The molecule has 0 saturated carbocycles. The van der Waals surface area contributed by atoms with Gasteiger partial charge in [0, 0.05) is 12.4 Å². The number of diazo groups is 1. The van der Waals surface area contributed by atoms with E-state index in [1.807, 2.05) is 0 Å². The molecule has 6 heteroatoms. The number of rotatable bonds is 2. The van der Waals surface area contributed by atoms with Crippen LogP contribution in [0.25, 0.3) is 10.9 Å². The van der Waals surface area contributed by atoms with Crippen molar-refractivity contribution in [1.29, 1.82) is 5.39 Å². The quantitative estimate of drug-likeness (QED) is 0.332. The lowest BCUT2D eigenvalue weighted by Gasteiger charge is -1.96. The number of carbonyl (C=O) groups excluding carboxylic acids is 1. The van der Waals surface area contributed by atoms with Crippen molar-refractivity contribution in [3.05, 3.63) is 35.2 Å². The fraction of sp³-hybridized carbons (Fsp3) is 0.125. The minimum absolute atomic E-state index is 0.496. The lowest BCUT2D eigenvalue weighted by Crippen LogP contribution is -2.07. The summed E-state index contributed by atoms with van der Waals surface area (Å²) in [6, 6.07) is 3.28. The maximum Gasteiger partial charge on any atom is 0.527 e. The van der Waals surface area contributed by atoms with E-state index in [0.717, 1.165) is 7.11 Å². The van der Waals surface area contributed by atoms with Gasteiger partial charge in [-0.15, -0.1) is 0 Å². The van der Waals surface area contributed by atoms with E-state index in [4.69, 9.17) is 5.39 Å². The molecule has 72 valence electrons. The Hall–Kier alpha value is -2.29. The van der Waals surface area contributed by atoms with E-state index in [1.54, 1.807) is 12.1 Å². The van der Waals surface area contributed by atoms with Crippen molar-refractivity contribution in [2.75, 3.05) is 7.11 Å². The van der Waals surface area contributed by atoms with Crippen molar-refractivity contribution in [1.82, 2.24) is 4.57 Å². The average Bonchev–Trinajstić information content (AvgIpc) is 2.71. The molecule has 14 heavy (non-hydrogen) atoms. The van der Waals surface area contributed by atoms with E-state index in [0.29, 0.717) is 0 Å². The van der Waals surface area contributed by atoms with Crippen molar-refractivity contribution in [3.63, 3.8) is 0 Å².